The van der Waals surface area contributed by atoms with Gasteiger partial charge in [0.15, 0.2) is 0 Å². The van der Waals surface area contributed by atoms with Gasteiger partial charge in [-0.3, -0.25) is 0 Å². The molecule has 1 aliphatic rings. The number of hydrogen-bond donors (Lipinski definition) is 1. The molecule has 0 aromatic heterocycles. The van der Waals surface area contributed by atoms with Crippen molar-refractivity contribution >= 4 is 0 Å². The Morgan fingerprint density at radius 3 is 2.29 bits per heavy atom. The van der Waals surface area contributed by atoms with E-state index < -0.39 is 12.1 Å². The molecule has 1 saturated heterocycles. The molecule has 1 heterocycles. The number of rotatable bonds is 5. The number of likely N-dealkylation sites (tertiary alicyclic amines) is 1. The number of hydrogen-bond acceptors (Lipinski definition) is 2. The Kier molecular flexibility index (Phi) is 5.73. The summed E-state index contributed by atoms with van der Waals surface area (Å²) in [5.41, 5.74) is 5.20. The molecule has 1 unspecified atom stereocenters. The normalized spacial score (nSPS) is 21.7. The summed E-state index contributed by atoms with van der Waals surface area (Å²) in [5, 5.41) is 0. The zero-order valence-corrected chi connectivity index (χ0v) is 10.5. The zero-order valence-electron chi connectivity index (χ0n) is 10.5. The molecule has 0 aromatic carbocycles. The van der Waals surface area contributed by atoms with Gasteiger partial charge in [-0.2, -0.15) is 13.2 Å². The third-order valence-electron chi connectivity index (χ3n) is 3.63. The van der Waals surface area contributed by atoms with E-state index in [1.54, 1.807) is 0 Å². The van der Waals surface area contributed by atoms with Crippen LogP contribution in [0.5, 0.6) is 0 Å². The van der Waals surface area contributed by atoms with Gasteiger partial charge in [0.05, 0.1) is 5.92 Å². The summed E-state index contributed by atoms with van der Waals surface area (Å²) in [6, 6.07) is 0. The average Bonchev–Trinajstić information content (AvgIpc) is 2.27. The lowest BCUT2D eigenvalue weighted by molar-refractivity contribution is -0.177. The van der Waals surface area contributed by atoms with E-state index in [1.807, 2.05) is 4.90 Å². The van der Waals surface area contributed by atoms with E-state index >= 15 is 0 Å². The highest BCUT2D eigenvalue weighted by molar-refractivity contribution is 4.77. The summed E-state index contributed by atoms with van der Waals surface area (Å²) < 4.78 is 37.7. The van der Waals surface area contributed by atoms with Crippen LogP contribution >= 0.6 is 0 Å². The highest BCUT2D eigenvalue weighted by atomic mass is 19.4. The third-order valence-corrected chi connectivity index (χ3v) is 3.63. The van der Waals surface area contributed by atoms with Crippen LogP contribution in [0.1, 0.15) is 32.6 Å². The summed E-state index contributed by atoms with van der Waals surface area (Å²) in [7, 11) is 0. The van der Waals surface area contributed by atoms with Crippen LogP contribution in [0, 0.1) is 11.8 Å². The van der Waals surface area contributed by atoms with Crippen LogP contribution in [0.4, 0.5) is 13.2 Å². The molecule has 2 N–H and O–H groups in total. The number of nitrogens with zero attached hydrogens (tertiary/aromatic N) is 1. The molecule has 0 amide bonds. The van der Waals surface area contributed by atoms with Gasteiger partial charge < -0.3 is 10.6 Å². The molecular formula is C12H23F3N2. The number of alkyl halides is 3. The fraction of sp³-hybridized carbons (Fsp3) is 1.00. The Morgan fingerprint density at radius 2 is 1.88 bits per heavy atom. The molecule has 17 heavy (non-hydrogen) atoms. The minimum Gasteiger partial charge on any atom is -0.330 e. The van der Waals surface area contributed by atoms with Crippen molar-refractivity contribution in [1.82, 2.24) is 4.90 Å². The maximum atomic E-state index is 12.6. The first-order chi connectivity index (χ1) is 7.97. The average molecular weight is 252 g/mol. The summed E-state index contributed by atoms with van der Waals surface area (Å²) in [6.45, 7) is 3.49. The molecular weight excluding hydrogens is 229 g/mol. The molecule has 0 saturated carbocycles. The Morgan fingerprint density at radius 1 is 1.29 bits per heavy atom. The molecule has 1 fully saturated rings. The minimum atomic E-state index is -4.16. The molecule has 0 bridgehead atoms. The number of piperidine rings is 1. The van der Waals surface area contributed by atoms with E-state index in [-0.39, 0.29) is 13.1 Å². The van der Waals surface area contributed by atoms with Crippen LogP contribution in [0.3, 0.4) is 0 Å². The van der Waals surface area contributed by atoms with E-state index in [2.05, 4.69) is 6.92 Å². The first-order valence-electron chi connectivity index (χ1n) is 6.46. The standard InChI is InChI=1S/C12H23F3N2/c1-2-3-10-4-6-17(7-5-10)9-11(8-16)12(13,14)15/h10-11H,2-9,16H2,1H3. The van der Waals surface area contributed by atoms with Crippen molar-refractivity contribution in [3.05, 3.63) is 0 Å². The molecule has 2 nitrogen and oxygen atoms in total. The maximum Gasteiger partial charge on any atom is 0.394 e. The van der Waals surface area contributed by atoms with Crippen LogP contribution in [0.25, 0.3) is 0 Å². The van der Waals surface area contributed by atoms with Crippen molar-refractivity contribution in [3.63, 3.8) is 0 Å². The second kappa shape index (κ2) is 6.59. The van der Waals surface area contributed by atoms with E-state index in [0.717, 1.165) is 25.9 Å². The predicted octanol–water partition coefficient (Wildman–Crippen LogP) is 2.64. The van der Waals surface area contributed by atoms with E-state index in [0.29, 0.717) is 5.92 Å². The van der Waals surface area contributed by atoms with Crippen molar-refractivity contribution in [1.29, 1.82) is 0 Å². The van der Waals surface area contributed by atoms with Crippen LogP contribution in [0.15, 0.2) is 0 Å². The van der Waals surface area contributed by atoms with E-state index in [4.69, 9.17) is 5.73 Å². The van der Waals surface area contributed by atoms with Crippen molar-refractivity contribution < 1.29 is 13.2 Å². The Labute approximate surface area is 101 Å². The fourth-order valence-corrected chi connectivity index (χ4v) is 2.49. The van der Waals surface area contributed by atoms with Gasteiger partial charge in [0, 0.05) is 13.1 Å². The Balaban J connectivity index is 2.34. The number of halogens is 3. The van der Waals surface area contributed by atoms with Crippen molar-refractivity contribution in [2.45, 2.75) is 38.8 Å². The molecule has 102 valence electrons. The molecule has 1 rings (SSSR count). The third kappa shape index (κ3) is 4.84. The maximum absolute atomic E-state index is 12.6. The lowest BCUT2D eigenvalue weighted by atomic mass is 9.92. The highest BCUT2D eigenvalue weighted by Crippen LogP contribution is 2.28. The van der Waals surface area contributed by atoms with Crippen molar-refractivity contribution in [2.24, 2.45) is 17.6 Å². The van der Waals surface area contributed by atoms with Gasteiger partial charge >= 0.3 is 6.18 Å². The van der Waals surface area contributed by atoms with E-state index in [1.165, 1.54) is 12.8 Å². The zero-order chi connectivity index (χ0) is 12.9. The quantitative estimate of drug-likeness (QED) is 0.815. The second-order valence-electron chi connectivity index (χ2n) is 5.01. The second-order valence-corrected chi connectivity index (χ2v) is 5.01. The Hall–Kier alpha value is -0.290. The van der Waals surface area contributed by atoms with Crippen LogP contribution < -0.4 is 5.73 Å². The first kappa shape index (κ1) is 14.8. The summed E-state index contributed by atoms with van der Waals surface area (Å²) in [6.07, 6.45) is 0.271. The van der Waals surface area contributed by atoms with Crippen molar-refractivity contribution in [3.8, 4) is 0 Å². The fourth-order valence-electron chi connectivity index (χ4n) is 2.49. The van der Waals surface area contributed by atoms with Gasteiger partial charge in [-0.05, 0) is 31.8 Å². The molecule has 0 spiro atoms. The highest BCUT2D eigenvalue weighted by Gasteiger charge is 2.39. The first-order valence-corrected chi connectivity index (χ1v) is 6.46. The summed E-state index contributed by atoms with van der Waals surface area (Å²) >= 11 is 0. The molecule has 1 atom stereocenters. The van der Waals surface area contributed by atoms with Gasteiger partial charge in [0.1, 0.15) is 0 Å². The van der Waals surface area contributed by atoms with Crippen LogP contribution in [-0.4, -0.2) is 37.3 Å². The lowest BCUT2D eigenvalue weighted by Gasteiger charge is -2.34. The lowest BCUT2D eigenvalue weighted by Crippen LogP contribution is -2.43. The van der Waals surface area contributed by atoms with Crippen LogP contribution in [-0.2, 0) is 0 Å². The van der Waals surface area contributed by atoms with Gasteiger partial charge in [0.2, 0.25) is 0 Å². The molecule has 0 aromatic rings. The van der Waals surface area contributed by atoms with Crippen molar-refractivity contribution in [2.75, 3.05) is 26.2 Å². The van der Waals surface area contributed by atoms with Gasteiger partial charge in [-0.1, -0.05) is 19.8 Å². The summed E-state index contributed by atoms with van der Waals surface area (Å²) in [5.74, 6) is -0.663. The SMILES string of the molecule is CCCC1CCN(CC(CN)C(F)(F)F)CC1. The van der Waals surface area contributed by atoms with E-state index in [9.17, 15) is 13.2 Å². The summed E-state index contributed by atoms with van der Waals surface area (Å²) in [4.78, 5) is 1.91. The van der Waals surface area contributed by atoms with Gasteiger partial charge in [-0.15, -0.1) is 0 Å². The topological polar surface area (TPSA) is 29.3 Å². The predicted molar refractivity (Wildman–Crippen MR) is 62.7 cm³/mol. The minimum absolute atomic E-state index is 0.0683. The molecule has 1 aliphatic heterocycles. The van der Waals surface area contributed by atoms with Crippen LogP contribution in [0.2, 0.25) is 0 Å². The van der Waals surface area contributed by atoms with Gasteiger partial charge in [-0.25, -0.2) is 0 Å². The Bertz CT molecular complexity index is 210. The smallest absolute Gasteiger partial charge is 0.330 e. The molecule has 5 heteroatoms. The van der Waals surface area contributed by atoms with Gasteiger partial charge in [0.25, 0.3) is 0 Å². The monoisotopic (exact) mass is 252 g/mol. The molecule has 0 aliphatic carbocycles. The molecule has 0 radical (unpaired) electrons. The number of nitrogens with two attached hydrogens (primary N) is 1. The largest absolute Gasteiger partial charge is 0.394 e.